The molecule has 2 aromatic carbocycles. The van der Waals surface area contributed by atoms with E-state index >= 15 is 0 Å². The number of hydrogen-bond acceptors (Lipinski definition) is 2. The lowest BCUT2D eigenvalue weighted by Gasteiger charge is -2.31. The van der Waals surface area contributed by atoms with Gasteiger partial charge in [-0.1, -0.05) is 46.3 Å². The van der Waals surface area contributed by atoms with Crippen molar-refractivity contribution >= 4 is 33.8 Å². The standard InChI is InChI=1S/C21H21BrN2O2/c22-18-9-7-17(8-10-18)21(26)23-19-12-14-24(15-13-19)20(25)11-6-16-4-2-1-3-5-16/h1-11,19H,12-15H2,(H,23,26)/b11-6+. The highest BCUT2D eigenvalue weighted by atomic mass is 79.9. The SMILES string of the molecule is O=C(NC1CCN(C(=O)/C=C/c2ccccc2)CC1)c1ccc(Br)cc1. The van der Waals surface area contributed by atoms with Crippen LogP contribution in [0.1, 0.15) is 28.8 Å². The molecular formula is C21H21BrN2O2. The number of likely N-dealkylation sites (tertiary alicyclic amines) is 1. The van der Waals surface area contributed by atoms with E-state index in [2.05, 4.69) is 21.2 Å². The van der Waals surface area contributed by atoms with E-state index in [1.807, 2.05) is 53.4 Å². The first-order valence-electron chi connectivity index (χ1n) is 8.70. The number of amides is 2. The summed E-state index contributed by atoms with van der Waals surface area (Å²) in [6, 6.07) is 17.2. The van der Waals surface area contributed by atoms with Crippen LogP contribution in [0.2, 0.25) is 0 Å². The lowest BCUT2D eigenvalue weighted by Crippen LogP contribution is -2.46. The third-order valence-electron chi connectivity index (χ3n) is 4.47. The molecule has 134 valence electrons. The summed E-state index contributed by atoms with van der Waals surface area (Å²) in [6.45, 7) is 1.31. The van der Waals surface area contributed by atoms with Crippen LogP contribution in [0.25, 0.3) is 6.08 Å². The molecule has 0 radical (unpaired) electrons. The van der Waals surface area contributed by atoms with Crippen molar-refractivity contribution in [2.45, 2.75) is 18.9 Å². The number of rotatable bonds is 4. The van der Waals surface area contributed by atoms with Gasteiger partial charge in [0.05, 0.1) is 0 Å². The number of halogens is 1. The Morgan fingerprint density at radius 2 is 1.65 bits per heavy atom. The Labute approximate surface area is 162 Å². The van der Waals surface area contributed by atoms with Crippen LogP contribution in [-0.4, -0.2) is 35.8 Å². The molecule has 1 aliphatic heterocycles. The summed E-state index contributed by atoms with van der Waals surface area (Å²) in [5.41, 5.74) is 1.66. The summed E-state index contributed by atoms with van der Waals surface area (Å²) in [5.74, 6) is -0.0437. The van der Waals surface area contributed by atoms with Gasteiger partial charge < -0.3 is 10.2 Å². The molecule has 3 rings (SSSR count). The summed E-state index contributed by atoms with van der Waals surface area (Å²) < 4.78 is 0.949. The van der Waals surface area contributed by atoms with E-state index in [4.69, 9.17) is 0 Å². The van der Waals surface area contributed by atoms with E-state index in [-0.39, 0.29) is 17.9 Å². The second kappa shape index (κ2) is 8.81. The fourth-order valence-electron chi connectivity index (χ4n) is 2.95. The molecule has 1 heterocycles. The van der Waals surface area contributed by atoms with Gasteiger partial charge in [-0.3, -0.25) is 9.59 Å². The number of nitrogens with one attached hydrogen (secondary N) is 1. The average molecular weight is 413 g/mol. The number of benzene rings is 2. The van der Waals surface area contributed by atoms with Crippen molar-refractivity contribution < 1.29 is 9.59 Å². The Hall–Kier alpha value is -2.40. The maximum atomic E-state index is 12.3. The highest BCUT2D eigenvalue weighted by molar-refractivity contribution is 9.10. The van der Waals surface area contributed by atoms with Gasteiger partial charge in [-0.25, -0.2) is 0 Å². The number of hydrogen-bond donors (Lipinski definition) is 1. The molecule has 0 spiro atoms. The van der Waals surface area contributed by atoms with E-state index in [0.29, 0.717) is 18.7 Å². The normalized spacial score (nSPS) is 15.2. The Bertz CT molecular complexity index is 779. The minimum absolute atomic E-state index is 0.0199. The Kier molecular flexibility index (Phi) is 6.23. The van der Waals surface area contributed by atoms with Gasteiger partial charge in [0.25, 0.3) is 5.91 Å². The zero-order valence-electron chi connectivity index (χ0n) is 14.4. The number of piperidine rings is 1. The van der Waals surface area contributed by atoms with Crippen molar-refractivity contribution in [1.29, 1.82) is 0 Å². The van der Waals surface area contributed by atoms with Gasteiger partial charge >= 0.3 is 0 Å². The topological polar surface area (TPSA) is 49.4 Å². The van der Waals surface area contributed by atoms with Crippen LogP contribution in [0.15, 0.2) is 65.1 Å². The zero-order valence-corrected chi connectivity index (χ0v) is 16.0. The smallest absolute Gasteiger partial charge is 0.251 e. The largest absolute Gasteiger partial charge is 0.349 e. The molecule has 2 amide bonds. The molecule has 0 saturated carbocycles. The third-order valence-corrected chi connectivity index (χ3v) is 4.99. The zero-order chi connectivity index (χ0) is 18.4. The second-order valence-electron chi connectivity index (χ2n) is 6.32. The first kappa shape index (κ1) is 18.4. The van der Waals surface area contributed by atoms with Crippen LogP contribution in [0.3, 0.4) is 0 Å². The first-order valence-corrected chi connectivity index (χ1v) is 9.49. The van der Waals surface area contributed by atoms with Crippen LogP contribution in [0.5, 0.6) is 0 Å². The van der Waals surface area contributed by atoms with Crippen LogP contribution < -0.4 is 5.32 Å². The van der Waals surface area contributed by atoms with Gasteiger partial charge in [-0.15, -0.1) is 0 Å². The van der Waals surface area contributed by atoms with Crippen molar-refractivity contribution in [3.8, 4) is 0 Å². The number of carbonyl (C=O) groups is 2. The average Bonchev–Trinajstić information content (AvgIpc) is 2.68. The molecular weight excluding hydrogens is 392 g/mol. The van der Waals surface area contributed by atoms with E-state index in [1.54, 1.807) is 18.2 Å². The van der Waals surface area contributed by atoms with Crippen molar-refractivity contribution in [2.75, 3.05) is 13.1 Å². The number of nitrogens with zero attached hydrogens (tertiary/aromatic N) is 1. The van der Waals surface area contributed by atoms with Gasteiger partial charge in [0.15, 0.2) is 0 Å². The third kappa shape index (κ3) is 5.05. The molecule has 4 nitrogen and oxygen atoms in total. The highest BCUT2D eigenvalue weighted by Gasteiger charge is 2.23. The summed E-state index contributed by atoms with van der Waals surface area (Å²) in [4.78, 5) is 26.4. The monoisotopic (exact) mass is 412 g/mol. The summed E-state index contributed by atoms with van der Waals surface area (Å²) in [5, 5.41) is 3.06. The molecule has 0 atom stereocenters. The quantitative estimate of drug-likeness (QED) is 0.774. The predicted molar refractivity (Wildman–Crippen MR) is 107 cm³/mol. The van der Waals surface area contributed by atoms with Crippen LogP contribution in [-0.2, 0) is 4.79 Å². The van der Waals surface area contributed by atoms with Crippen LogP contribution in [0, 0.1) is 0 Å². The summed E-state index contributed by atoms with van der Waals surface area (Å²) >= 11 is 3.37. The molecule has 26 heavy (non-hydrogen) atoms. The molecule has 1 aliphatic rings. The Morgan fingerprint density at radius 3 is 2.31 bits per heavy atom. The van der Waals surface area contributed by atoms with Crippen LogP contribution in [0.4, 0.5) is 0 Å². The van der Waals surface area contributed by atoms with Crippen molar-refractivity contribution in [3.63, 3.8) is 0 Å². The number of carbonyl (C=O) groups excluding carboxylic acids is 2. The van der Waals surface area contributed by atoms with Gasteiger partial charge in [0.2, 0.25) is 5.91 Å². The fourth-order valence-corrected chi connectivity index (χ4v) is 3.22. The molecule has 1 fully saturated rings. The predicted octanol–water partition coefficient (Wildman–Crippen LogP) is 3.88. The molecule has 0 aliphatic carbocycles. The molecule has 0 bridgehead atoms. The maximum Gasteiger partial charge on any atom is 0.251 e. The highest BCUT2D eigenvalue weighted by Crippen LogP contribution is 2.14. The molecule has 1 saturated heterocycles. The van der Waals surface area contributed by atoms with Gasteiger partial charge in [0, 0.05) is 35.2 Å². The Balaban J connectivity index is 1.48. The minimum Gasteiger partial charge on any atom is -0.349 e. The lowest BCUT2D eigenvalue weighted by atomic mass is 10.0. The Morgan fingerprint density at radius 1 is 1.00 bits per heavy atom. The first-order chi connectivity index (χ1) is 12.6. The summed E-state index contributed by atoms with van der Waals surface area (Å²) in [6.07, 6.45) is 5.00. The second-order valence-corrected chi connectivity index (χ2v) is 7.24. The van der Waals surface area contributed by atoms with Gasteiger partial charge in [0.1, 0.15) is 0 Å². The van der Waals surface area contributed by atoms with E-state index in [0.717, 1.165) is 22.9 Å². The van der Waals surface area contributed by atoms with Crippen molar-refractivity contribution in [1.82, 2.24) is 10.2 Å². The fraction of sp³-hybridized carbons (Fsp3) is 0.238. The van der Waals surface area contributed by atoms with E-state index in [9.17, 15) is 9.59 Å². The van der Waals surface area contributed by atoms with Crippen molar-refractivity contribution in [2.24, 2.45) is 0 Å². The lowest BCUT2D eigenvalue weighted by molar-refractivity contribution is -0.126. The molecule has 0 unspecified atom stereocenters. The minimum atomic E-state index is -0.0637. The van der Waals surface area contributed by atoms with Gasteiger partial charge in [-0.05, 0) is 48.7 Å². The molecule has 1 N–H and O–H groups in total. The maximum absolute atomic E-state index is 12.3. The van der Waals surface area contributed by atoms with E-state index < -0.39 is 0 Å². The molecule has 0 aromatic heterocycles. The van der Waals surface area contributed by atoms with Crippen LogP contribution >= 0.6 is 15.9 Å². The molecule has 2 aromatic rings. The van der Waals surface area contributed by atoms with Crippen molar-refractivity contribution in [3.05, 3.63) is 76.3 Å². The molecule has 5 heteroatoms. The summed E-state index contributed by atoms with van der Waals surface area (Å²) in [7, 11) is 0. The van der Waals surface area contributed by atoms with E-state index in [1.165, 1.54) is 0 Å². The van der Waals surface area contributed by atoms with Gasteiger partial charge in [-0.2, -0.15) is 0 Å².